The summed E-state index contributed by atoms with van der Waals surface area (Å²) in [6.45, 7) is 2.21. The van der Waals surface area contributed by atoms with Crippen LogP contribution in [0.3, 0.4) is 0 Å². The molecule has 2 aromatic carbocycles. The van der Waals surface area contributed by atoms with Gasteiger partial charge in [0.2, 0.25) is 0 Å². The molecule has 0 aliphatic heterocycles. The minimum Gasteiger partial charge on any atom is -0.490 e. The molecule has 2 aromatic rings. The van der Waals surface area contributed by atoms with Gasteiger partial charge < -0.3 is 14.8 Å². The Morgan fingerprint density at radius 3 is 2.54 bits per heavy atom. The molecule has 0 spiro atoms. The Labute approximate surface area is 153 Å². The van der Waals surface area contributed by atoms with Gasteiger partial charge in [0.1, 0.15) is 0 Å². The van der Waals surface area contributed by atoms with Gasteiger partial charge in [-0.2, -0.15) is 5.26 Å². The third-order valence-corrected chi connectivity index (χ3v) is 4.64. The third kappa shape index (κ3) is 3.80. The van der Waals surface area contributed by atoms with Crippen LogP contribution in [0.2, 0.25) is 0 Å². The van der Waals surface area contributed by atoms with Crippen LogP contribution in [-0.2, 0) is 10.3 Å². The maximum absolute atomic E-state index is 12.5. The Kier molecular flexibility index (Phi) is 5.43. The number of nitrogens with one attached hydrogen (secondary N) is 1. The van der Waals surface area contributed by atoms with Crippen LogP contribution in [0, 0.1) is 11.3 Å². The smallest absolute Gasteiger partial charge is 0.258 e. The van der Waals surface area contributed by atoms with E-state index in [-0.39, 0.29) is 18.1 Å². The number of nitriles is 1. The Bertz CT molecular complexity index is 808. The van der Waals surface area contributed by atoms with E-state index in [0.717, 1.165) is 24.8 Å². The fraction of sp³-hybridized carbons (Fsp3) is 0.333. The van der Waals surface area contributed by atoms with Gasteiger partial charge in [0.25, 0.3) is 5.91 Å². The molecular formula is C21H22N2O3. The minimum absolute atomic E-state index is 0.0967. The molecule has 1 saturated carbocycles. The summed E-state index contributed by atoms with van der Waals surface area (Å²) in [5, 5.41) is 12.1. The van der Waals surface area contributed by atoms with E-state index >= 15 is 0 Å². The lowest BCUT2D eigenvalue weighted by molar-refractivity contribution is -0.126. The third-order valence-electron chi connectivity index (χ3n) is 4.64. The first-order chi connectivity index (χ1) is 12.7. The van der Waals surface area contributed by atoms with Crippen LogP contribution in [0.4, 0.5) is 0 Å². The van der Waals surface area contributed by atoms with E-state index in [2.05, 4.69) is 11.4 Å². The highest BCUT2D eigenvalue weighted by atomic mass is 16.5. The molecule has 0 bridgehead atoms. The molecular weight excluding hydrogens is 328 g/mol. The summed E-state index contributed by atoms with van der Waals surface area (Å²) in [5.74, 6) is 0.768. The fourth-order valence-corrected chi connectivity index (χ4v) is 3.18. The number of amides is 1. The van der Waals surface area contributed by atoms with Crippen molar-refractivity contribution in [2.75, 3.05) is 13.2 Å². The lowest BCUT2D eigenvalue weighted by Crippen LogP contribution is -2.52. The van der Waals surface area contributed by atoms with Crippen molar-refractivity contribution in [3.63, 3.8) is 0 Å². The van der Waals surface area contributed by atoms with Gasteiger partial charge >= 0.3 is 0 Å². The number of hydrogen-bond acceptors (Lipinski definition) is 4. The summed E-state index contributed by atoms with van der Waals surface area (Å²) in [4.78, 5) is 12.5. The molecule has 1 amide bonds. The van der Waals surface area contributed by atoms with Gasteiger partial charge in [-0.1, -0.05) is 30.3 Å². The van der Waals surface area contributed by atoms with E-state index in [4.69, 9.17) is 14.7 Å². The summed E-state index contributed by atoms with van der Waals surface area (Å²) in [5.41, 5.74) is 1.34. The highest BCUT2D eigenvalue weighted by molar-refractivity contribution is 5.79. The van der Waals surface area contributed by atoms with Gasteiger partial charge in [-0.05, 0) is 43.9 Å². The number of nitrogens with zero attached hydrogens (tertiary/aromatic N) is 1. The predicted octanol–water partition coefficient (Wildman–Crippen LogP) is 3.53. The number of carbonyl (C=O) groups is 1. The molecule has 5 nitrogen and oxygen atoms in total. The van der Waals surface area contributed by atoms with Crippen LogP contribution < -0.4 is 14.8 Å². The first-order valence-corrected chi connectivity index (χ1v) is 8.83. The zero-order valence-electron chi connectivity index (χ0n) is 14.8. The van der Waals surface area contributed by atoms with Crippen molar-refractivity contribution in [1.29, 1.82) is 5.26 Å². The van der Waals surface area contributed by atoms with Crippen molar-refractivity contribution < 1.29 is 14.3 Å². The van der Waals surface area contributed by atoms with E-state index in [0.29, 0.717) is 23.7 Å². The maximum Gasteiger partial charge on any atom is 0.258 e. The van der Waals surface area contributed by atoms with Crippen LogP contribution in [0.5, 0.6) is 11.5 Å². The Morgan fingerprint density at radius 2 is 1.92 bits per heavy atom. The Balaban J connectivity index is 1.65. The quantitative estimate of drug-likeness (QED) is 0.829. The first-order valence-electron chi connectivity index (χ1n) is 8.83. The standard InChI is InChI=1S/C21H22N2O3/c1-2-25-19-13-16(14-22)9-10-18(19)26-15-20(24)23-21(11-6-12-21)17-7-4-3-5-8-17/h3-5,7-10,13H,2,6,11-12,15H2,1H3,(H,23,24). The number of ether oxygens (including phenoxy) is 2. The largest absolute Gasteiger partial charge is 0.490 e. The van der Waals surface area contributed by atoms with Crippen molar-refractivity contribution in [3.05, 3.63) is 59.7 Å². The van der Waals surface area contributed by atoms with E-state index in [9.17, 15) is 4.79 Å². The van der Waals surface area contributed by atoms with Crippen molar-refractivity contribution >= 4 is 5.91 Å². The molecule has 3 rings (SSSR count). The van der Waals surface area contributed by atoms with Gasteiger partial charge in [0.05, 0.1) is 23.8 Å². The molecule has 0 saturated heterocycles. The highest BCUT2D eigenvalue weighted by Crippen LogP contribution is 2.41. The molecule has 0 heterocycles. The summed E-state index contributed by atoms with van der Waals surface area (Å²) in [6, 6.07) is 17.0. The second-order valence-corrected chi connectivity index (χ2v) is 6.34. The zero-order valence-corrected chi connectivity index (χ0v) is 14.8. The van der Waals surface area contributed by atoms with Gasteiger partial charge in [-0.3, -0.25) is 4.79 Å². The van der Waals surface area contributed by atoms with Crippen LogP contribution in [0.1, 0.15) is 37.3 Å². The molecule has 1 N–H and O–H groups in total. The van der Waals surface area contributed by atoms with Gasteiger partial charge in [0, 0.05) is 6.07 Å². The molecule has 26 heavy (non-hydrogen) atoms. The number of hydrogen-bond donors (Lipinski definition) is 1. The summed E-state index contributed by atoms with van der Waals surface area (Å²) >= 11 is 0. The van der Waals surface area contributed by atoms with Gasteiger partial charge in [0.15, 0.2) is 18.1 Å². The van der Waals surface area contributed by atoms with Crippen LogP contribution in [0.25, 0.3) is 0 Å². The van der Waals surface area contributed by atoms with E-state index < -0.39 is 0 Å². The molecule has 5 heteroatoms. The van der Waals surface area contributed by atoms with Crippen LogP contribution in [0.15, 0.2) is 48.5 Å². The van der Waals surface area contributed by atoms with Crippen LogP contribution >= 0.6 is 0 Å². The number of benzene rings is 2. The fourth-order valence-electron chi connectivity index (χ4n) is 3.18. The Hall–Kier alpha value is -3.00. The highest BCUT2D eigenvalue weighted by Gasteiger charge is 2.39. The Morgan fingerprint density at radius 1 is 1.15 bits per heavy atom. The molecule has 1 aliphatic rings. The van der Waals surface area contributed by atoms with Crippen molar-refractivity contribution in [2.45, 2.75) is 31.7 Å². The second kappa shape index (κ2) is 7.92. The maximum atomic E-state index is 12.5. The topological polar surface area (TPSA) is 71.3 Å². The number of rotatable bonds is 7. The summed E-state index contributed by atoms with van der Waals surface area (Å²) in [6.07, 6.45) is 2.97. The summed E-state index contributed by atoms with van der Waals surface area (Å²) < 4.78 is 11.2. The first kappa shape index (κ1) is 17.8. The molecule has 0 atom stereocenters. The SMILES string of the molecule is CCOc1cc(C#N)ccc1OCC(=O)NC1(c2ccccc2)CCC1. The normalized spacial score (nSPS) is 14.6. The molecule has 1 fully saturated rings. The van der Waals surface area contributed by atoms with Crippen molar-refractivity contribution in [2.24, 2.45) is 0 Å². The van der Waals surface area contributed by atoms with E-state index in [1.165, 1.54) is 0 Å². The van der Waals surface area contributed by atoms with Crippen molar-refractivity contribution in [3.8, 4) is 17.6 Å². The molecule has 1 aliphatic carbocycles. The van der Waals surface area contributed by atoms with E-state index in [1.807, 2.05) is 37.3 Å². The van der Waals surface area contributed by atoms with Crippen molar-refractivity contribution in [1.82, 2.24) is 5.32 Å². The average molecular weight is 350 g/mol. The molecule has 0 radical (unpaired) electrons. The second-order valence-electron chi connectivity index (χ2n) is 6.34. The van der Waals surface area contributed by atoms with Crippen LogP contribution in [-0.4, -0.2) is 19.1 Å². The number of carbonyl (C=O) groups excluding carboxylic acids is 1. The molecule has 0 unspecified atom stereocenters. The molecule has 0 aromatic heterocycles. The van der Waals surface area contributed by atoms with E-state index in [1.54, 1.807) is 18.2 Å². The lowest BCUT2D eigenvalue weighted by atomic mass is 9.72. The zero-order chi connectivity index (χ0) is 18.4. The summed E-state index contributed by atoms with van der Waals surface area (Å²) in [7, 11) is 0. The minimum atomic E-state index is -0.283. The predicted molar refractivity (Wildman–Crippen MR) is 97.9 cm³/mol. The average Bonchev–Trinajstić information content (AvgIpc) is 2.64. The monoisotopic (exact) mass is 350 g/mol. The van der Waals surface area contributed by atoms with Gasteiger partial charge in [-0.25, -0.2) is 0 Å². The lowest BCUT2D eigenvalue weighted by Gasteiger charge is -2.43. The molecule has 134 valence electrons. The van der Waals surface area contributed by atoms with Gasteiger partial charge in [-0.15, -0.1) is 0 Å².